The van der Waals surface area contributed by atoms with Gasteiger partial charge in [0.2, 0.25) is 0 Å². The molecule has 0 radical (unpaired) electrons. The molecule has 2 heterocycles. The van der Waals surface area contributed by atoms with Crippen molar-refractivity contribution in [3.8, 4) is 0 Å². The molecule has 1 aliphatic rings. The van der Waals surface area contributed by atoms with Crippen LogP contribution < -0.4 is 11.1 Å². The summed E-state index contributed by atoms with van der Waals surface area (Å²) in [6, 6.07) is 7.96. The van der Waals surface area contributed by atoms with E-state index < -0.39 is 17.6 Å². The van der Waals surface area contributed by atoms with Crippen LogP contribution in [-0.2, 0) is 17.3 Å². The van der Waals surface area contributed by atoms with Gasteiger partial charge in [-0.2, -0.15) is 13.2 Å². The summed E-state index contributed by atoms with van der Waals surface area (Å²) in [5.74, 6) is -0.695. The van der Waals surface area contributed by atoms with E-state index in [1.165, 1.54) is 0 Å². The average molecular weight is 413 g/mol. The summed E-state index contributed by atoms with van der Waals surface area (Å²) in [6.07, 6.45) is -2.47. The van der Waals surface area contributed by atoms with Crippen molar-refractivity contribution in [3.63, 3.8) is 0 Å². The highest BCUT2D eigenvalue weighted by Crippen LogP contribution is 2.31. The monoisotopic (exact) mass is 412 g/mol. The lowest BCUT2D eigenvalue weighted by atomic mass is 10.1. The molecule has 1 amide bonds. The molecule has 0 spiro atoms. The highest BCUT2D eigenvalue weighted by Gasteiger charge is 2.32. The fourth-order valence-corrected chi connectivity index (χ4v) is 2.87. The zero-order chi connectivity index (χ0) is 20.3. The number of rotatable bonds is 5. The molecule has 3 N–H and O–H groups in total. The van der Waals surface area contributed by atoms with E-state index in [0.29, 0.717) is 24.6 Å². The van der Waals surface area contributed by atoms with Crippen molar-refractivity contribution in [1.29, 1.82) is 0 Å². The van der Waals surface area contributed by atoms with Gasteiger partial charge < -0.3 is 15.8 Å². The minimum atomic E-state index is -4.58. The first-order valence-electron chi connectivity index (χ1n) is 8.31. The molecule has 148 valence electrons. The number of carbonyl (C=O) groups is 1. The summed E-state index contributed by atoms with van der Waals surface area (Å²) in [5, 5.41) is 2.19. The average Bonchev–Trinajstić information content (AvgIpc) is 3.05. The van der Waals surface area contributed by atoms with Gasteiger partial charge in [-0.05, 0) is 36.6 Å². The summed E-state index contributed by atoms with van der Waals surface area (Å²) in [5.41, 5.74) is 5.67. The van der Waals surface area contributed by atoms with Gasteiger partial charge in [-0.25, -0.2) is 9.98 Å². The first-order chi connectivity index (χ1) is 13.2. The third-order valence-electron chi connectivity index (χ3n) is 4.10. The number of aliphatic imine (C=N–C) groups is 1. The lowest BCUT2D eigenvalue weighted by Gasteiger charge is -2.10. The van der Waals surface area contributed by atoms with Crippen LogP contribution in [0.5, 0.6) is 0 Å². The first kappa shape index (κ1) is 19.9. The molecule has 0 saturated carbocycles. The van der Waals surface area contributed by atoms with Gasteiger partial charge in [0, 0.05) is 11.9 Å². The number of amidine groups is 1. The molecule has 0 fully saturated rings. The second kappa shape index (κ2) is 8.05. The Balaban J connectivity index is 1.60. The first-order valence-corrected chi connectivity index (χ1v) is 8.69. The number of nitrogens with zero attached hydrogens (tertiary/aromatic N) is 2. The fraction of sp³-hybridized carbons (Fsp3) is 0.278. The van der Waals surface area contributed by atoms with Crippen molar-refractivity contribution in [3.05, 3.63) is 58.4 Å². The van der Waals surface area contributed by atoms with Crippen molar-refractivity contribution in [2.24, 2.45) is 10.7 Å². The van der Waals surface area contributed by atoms with Gasteiger partial charge in [0.15, 0.2) is 0 Å². The maximum atomic E-state index is 12.6. The number of hydrogen-bond acceptors (Lipinski definition) is 5. The minimum absolute atomic E-state index is 0.0345. The zero-order valence-electron chi connectivity index (χ0n) is 14.5. The Hall–Kier alpha value is -2.81. The van der Waals surface area contributed by atoms with Gasteiger partial charge in [-0.15, -0.1) is 0 Å². The molecule has 3 rings (SSSR count). The number of ether oxygens (including phenoxy) is 1. The Labute approximate surface area is 163 Å². The Morgan fingerprint density at radius 2 is 2.04 bits per heavy atom. The SMILES string of the molecule is NC1=N[C@@H](CCc2ccc(NC(=O)c3ncc(C(F)(F)F)cc3Cl)cc2)CO1. The van der Waals surface area contributed by atoms with Gasteiger partial charge in [0.1, 0.15) is 12.3 Å². The highest BCUT2D eigenvalue weighted by molar-refractivity contribution is 6.34. The number of anilines is 1. The third-order valence-corrected chi connectivity index (χ3v) is 4.38. The van der Waals surface area contributed by atoms with Crippen molar-refractivity contribution >= 4 is 29.2 Å². The van der Waals surface area contributed by atoms with Gasteiger partial charge >= 0.3 is 6.18 Å². The minimum Gasteiger partial charge on any atom is -0.463 e. The summed E-state index contributed by atoms with van der Waals surface area (Å²) in [7, 11) is 0. The number of pyridine rings is 1. The Morgan fingerprint density at radius 3 is 2.61 bits per heavy atom. The molecule has 0 bridgehead atoms. The van der Waals surface area contributed by atoms with E-state index in [1.54, 1.807) is 12.1 Å². The van der Waals surface area contributed by atoms with E-state index >= 15 is 0 Å². The van der Waals surface area contributed by atoms with E-state index in [1.807, 2.05) is 12.1 Å². The van der Waals surface area contributed by atoms with Crippen LogP contribution in [0.3, 0.4) is 0 Å². The number of alkyl halides is 3. The second-order valence-corrected chi connectivity index (χ2v) is 6.58. The van der Waals surface area contributed by atoms with Crippen LogP contribution in [0.25, 0.3) is 0 Å². The topological polar surface area (TPSA) is 89.6 Å². The molecule has 0 saturated heterocycles. The van der Waals surface area contributed by atoms with Gasteiger partial charge in [0.05, 0.1) is 16.6 Å². The van der Waals surface area contributed by atoms with E-state index in [9.17, 15) is 18.0 Å². The van der Waals surface area contributed by atoms with Crippen LogP contribution in [0.4, 0.5) is 18.9 Å². The Morgan fingerprint density at radius 1 is 1.32 bits per heavy atom. The summed E-state index contributed by atoms with van der Waals surface area (Å²) < 4.78 is 43.0. The van der Waals surface area contributed by atoms with E-state index in [-0.39, 0.29) is 22.8 Å². The lowest BCUT2D eigenvalue weighted by molar-refractivity contribution is -0.137. The van der Waals surface area contributed by atoms with Crippen LogP contribution in [-0.4, -0.2) is 29.6 Å². The maximum absolute atomic E-state index is 12.6. The highest BCUT2D eigenvalue weighted by atomic mass is 35.5. The zero-order valence-corrected chi connectivity index (χ0v) is 15.2. The van der Waals surface area contributed by atoms with Crippen LogP contribution >= 0.6 is 11.6 Å². The summed E-state index contributed by atoms with van der Waals surface area (Å²) in [4.78, 5) is 19.9. The number of benzene rings is 1. The van der Waals surface area contributed by atoms with Crippen molar-refractivity contribution < 1.29 is 22.7 Å². The summed E-state index contributed by atoms with van der Waals surface area (Å²) >= 11 is 5.78. The fourth-order valence-electron chi connectivity index (χ4n) is 2.62. The number of nitrogens with two attached hydrogens (primary N) is 1. The molecule has 10 heteroatoms. The molecule has 1 aromatic carbocycles. The molecule has 1 atom stereocenters. The number of amides is 1. The van der Waals surface area contributed by atoms with Crippen LogP contribution in [0.1, 0.15) is 28.0 Å². The quantitative estimate of drug-likeness (QED) is 0.784. The number of nitrogens with one attached hydrogen (secondary N) is 1. The van der Waals surface area contributed by atoms with Crippen LogP contribution in [0, 0.1) is 0 Å². The maximum Gasteiger partial charge on any atom is 0.417 e. The Bertz CT molecular complexity index is 901. The predicted molar refractivity (Wildman–Crippen MR) is 98.3 cm³/mol. The van der Waals surface area contributed by atoms with Crippen molar-refractivity contribution in [2.45, 2.75) is 25.1 Å². The molecule has 1 aromatic heterocycles. The van der Waals surface area contributed by atoms with E-state index in [4.69, 9.17) is 22.1 Å². The van der Waals surface area contributed by atoms with E-state index in [0.717, 1.165) is 18.4 Å². The molecule has 6 nitrogen and oxygen atoms in total. The number of hydrogen-bond donors (Lipinski definition) is 2. The molecular weight excluding hydrogens is 397 g/mol. The van der Waals surface area contributed by atoms with Gasteiger partial charge in [-0.3, -0.25) is 4.79 Å². The van der Waals surface area contributed by atoms with Crippen molar-refractivity contribution in [2.75, 3.05) is 11.9 Å². The molecule has 2 aromatic rings. The standard InChI is InChI=1S/C18H16ClF3N4O2/c19-14-7-11(18(20,21)22)8-24-15(14)16(27)25-12-4-1-10(2-5-12)3-6-13-9-28-17(23)26-13/h1-2,4-5,7-8,13H,3,6,9H2,(H2,23,26)(H,25,27)/t13-/m0/s1. The number of aryl methyl sites for hydroxylation is 1. The Kier molecular flexibility index (Phi) is 5.73. The number of halogens is 4. The number of carbonyl (C=O) groups excluding carboxylic acids is 1. The van der Waals surface area contributed by atoms with Gasteiger partial charge in [-0.1, -0.05) is 23.7 Å². The molecule has 0 aliphatic carbocycles. The molecule has 0 unspecified atom stereocenters. The predicted octanol–water partition coefficient (Wildman–Crippen LogP) is 3.65. The second-order valence-electron chi connectivity index (χ2n) is 6.17. The lowest BCUT2D eigenvalue weighted by Crippen LogP contribution is -2.16. The summed E-state index contributed by atoms with van der Waals surface area (Å²) in [6.45, 7) is 0.473. The largest absolute Gasteiger partial charge is 0.463 e. The molecule has 28 heavy (non-hydrogen) atoms. The third kappa shape index (κ3) is 4.92. The van der Waals surface area contributed by atoms with Gasteiger partial charge in [0.25, 0.3) is 11.9 Å². The number of aromatic nitrogens is 1. The van der Waals surface area contributed by atoms with E-state index in [2.05, 4.69) is 15.3 Å². The van der Waals surface area contributed by atoms with Crippen LogP contribution in [0.15, 0.2) is 41.5 Å². The van der Waals surface area contributed by atoms with Crippen LogP contribution in [0.2, 0.25) is 5.02 Å². The smallest absolute Gasteiger partial charge is 0.417 e. The normalized spacial score (nSPS) is 16.4. The molecular formula is C18H16ClF3N4O2. The van der Waals surface area contributed by atoms with Crippen molar-refractivity contribution in [1.82, 2.24) is 4.98 Å². The molecule has 1 aliphatic heterocycles.